The van der Waals surface area contributed by atoms with E-state index < -0.39 is 0 Å². The molecule has 17 heavy (non-hydrogen) atoms. The fourth-order valence-electron chi connectivity index (χ4n) is 1.98. The largest absolute Gasteiger partial charge is 0.496 e. The molecule has 0 saturated carbocycles. The molecule has 0 bridgehead atoms. The van der Waals surface area contributed by atoms with Gasteiger partial charge in [-0.05, 0) is 30.0 Å². The molecule has 0 N–H and O–H groups in total. The molecule has 0 aromatic heterocycles. The Labute approximate surface area is 101 Å². The Balaban J connectivity index is 2.92. The van der Waals surface area contributed by atoms with Gasteiger partial charge in [0.05, 0.1) is 26.7 Å². The molecule has 3 heteroatoms. The van der Waals surface area contributed by atoms with Gasteiger partial charge < -0.3 is 14.2 Å². The van der Waals surface area contributed by atoms with Gasteiger partial charge in [0.15, 0.2) is 11.5 Å². The zero-order valence-electron chi connectivity index (χ0n) is 10.2. The lowest BCUT2D eigenvalue weighted by Gasteiger charge is -2.15. The number of ether oxygens (including phenoxy) is 3. The van der Waals surface area contributed by atoms with Gasteiger partial charge >= 0.3 is 0 Å². The Kier molecular flexibility index (Phi) is 3.09. The summed E-state index contributed by atoms with van der Waals surface area (Å²) in [7, 11) is 4.86. The fraction of sp³-hybridized carbons (Fsp3) is 0.214. The van der Waals surface area contributed by atoms with Crippen LogP contribution in [0.1, 0.15) is 5.56 Å². The topological polar surface area (TPSA) is 27.7 Å². The Morgan fingerprint density at radius 2 is 1.65 bits per heavy atom. The summed E-state index contributed by atoms with van der Waals surface area (Å²) in [5.74, 6) is 2.09. The highest BCUT2D eigenvalue weighted by atomic mass is 16.5. The minimum absolute atomic E-state index is 0.662. The van der Waals surface area contributed by atoms with Gasteiger partial charge in [0.1, 0.15) is 5.75 Å². The molecule has 0 unspecified atom stereocenters. The van der Waals surface area contributed by atoms with Crippen LogP contribution in [0.4, 0.5) is 0 Å². The molecule has 1 radical (unpaired) electrons. The van der Waals surface area contributed by atoms with Gasteiger partial charge in [-0.3, -0.25) is 0 Å². The summed E-state index contributed by atoms with van der Waals surface area (Å²) in [6.45, 7) is 4.02. The Morgan fingerprint density at radius 3 is 2.24 bits per heavy atom. The molecular weight excluding hydrogens is 216 g/mol. The van der Waals surface area contributed by atoms with Crippen LogP contribution in [0.25, 0.3) is 10.8 Å². The van der Waals surface area contributed by atoms with Crippen LogP contribution < -0.4 is 14.2 Å². The van der Waals surface area contributed by atoms with E-state index in [9.17, 15) is 0 Å². The van der Waals surface area contributed by atoms with Crippen LogP contribution in [0, 0.1) is 6.92 Å². The van der Waals surface area contributed by atoms with E-state index in [1.54, 1.807) is 21.3 Å². The minimum atomic E-state index is 0.662. The van der Waals surface area contributed by atoms with E-state index in [0.717, 1.165) is 22.1 Å². The molecule has 2 rings (SSSR count). The van der Waals surface area contributed by atoms with Crippen LogP contribution in [0.3, 0.4) is 0 Å². The zero-order chi connectivity index (χ0) is 12.4. The Bertz CT molecular complexity index is 547. The van der Waals surface area contributed by atoms with Crippen molar-refractivity contribution < 1.29 is 14.2 Å². The SMILES string of the molecule is [CH2]c1cc(OC)c(OC)c2c(OC)cccc12. The lowest BCUT2D eigenvalue weighted by atomic mass is 10.0. The van der Waals surface area contributed by atoms with Crippen molar-refractivity contribution >= 4 is 10.8 Å². The predicted octanol–water partition coefficient (Wildman–Crippen LogP) is 3.05. The third-order valence-electron chi connectivity index (χ3n) is 2.77. The summed E-state index contributed by atoms with van der Waals surface area (Å²) in [6.07, 6.45) is 0. The van der Waals surface area contributed by atoms with Crippen molar-refractivity contribution in [3.05, 3.63) is 36.8 Å². The molecule has 89 valence electrons. The van der Waals surface area contributed by atoms with Crippen molar-refractivity contribution in [1.82, 2.24) is 0 Å². The highest BCUT2D eigenvalue weighted by molar-refractivity contribution is 5.98. The molecule has 3 nitrogen and oxygen atoms in total. The molecule has 0 aliphatic heterocycles. The predicted molar refractivity (Wildman–Crippen MR) is 68.1 cm³/mol. The molecule has 0 saturated heterocycles. The average Bonchev–Trinajstić information content (AvgIpc) is 2.37. The summed E-state index contributed by atoms with van der Waals surface area (Å²) in [5, 5.41) is 1.89. The maximum absolute atomic E-state index is 5.41. The Morgan fingerprint density at radius 1 is 0.941 bits per heavy atom. The number of hydrogen-bond acceptors (Lipinski definition) is 3. The summed E-state index contributed by atoms with van der Waals surface area (Å²) < 4.78 is 16.1. The highest BCUT2D eigenvalue weighted by Gasteiger charge is 2.15. The molecule has 0 fully saturated rings. The Hall–Kier alpha value is -1.90. The van der Waals surface area contributed by atoms with Crippen LogP contribution >= 0.6 is 0 Å². The van der Waals surface area contributed by atoms with Crippen molar-refractivity contribution in [3.8, 4) is 17.2 Å². The fourth-order valence-corrected chi connectivity index (χ4v) is 1.98. The summed E-state index contributed by atoms with van der Waals surface area (Å²) in [4.78, 5) is 0. The molecule has 0 aliphatic carbocycles. The van der Waals surface area contributed by atoms with Gasteiger partial charge in [0.2, 0.25) is 0 Å². The second kappa shape index (κ2) is 4.53. The smallest absolute Gasteiger partial charge is 0.172 e. The number of fused-ring (bicyclic) bond motifs is 1. The van der Waals surface area contributed by atoms with Gasteiger partial charge in [-0.25, -0.2) is 0 Å². The number of benzene rings is 2. The molecule has 0 spiro atoms. The number of hydrogen-bond donors (Lipinski definition) is 0. The first-order valence-corrected chi connectivity index (χ1v) is 5.26. The summed E-state index contributed by atoms with van der Waals surface area (Å²) in [6, 6.07) is 7.67. The van der Waals surface area contributed by atoms with E-state index in [0.29, 0.717) is 11.5 Å². The van der Waals surface area contributed by atoms with Gasteiger partial charge in [-0.2, -0.15) is 0 Å². The lowest BCUT2D eigenvalue weighted by molar-refractivity contribution is 0.356. The van der Waals surface area contributed by atoms with Crippen molar-refractivity contribution in [2.75, 3.05) is 21.3 Å². The van der Waals surface area contributed by atoms with E-state index in [1.807, 2.05) is 24.3 Å². The van der Waals surface area contributed by atoms with Crippen molar-refractivity contribution in [2.45, 2.75) is 0 Å². The van der Waals surface area contributed by atoms with Crippen LogP contribution in [0.15, 0.2) is 24.3 Å². The average molecular weight is 231 g/mol. The molecule has 2 aromatic rings. The normalized spacial score (nSPS) is 10.4. The van der Waals surface area contributed by atoms with E-state index in [4.69, 9.17) is 14.2 Å². The van der Waals surface area contributed by atoms with E-state index in [-0.39, 0.29) is 0 Å². The summed E-state index contributed by atoms with van der Waals surface area (Å²) >= 11 is 0. The molecule has 2 aromatic carbocycles. The van der Waals surface area contributed by atoms with Crippen LogP contribution in [0.5, 0.6) is 17.2 Å². The minimum Gasteiger partial charge on any atom is -0.496 e. The second-order valence-corrected chi connectivity index (χ2v) is 3.65. The first-order chi connectivity index (χ1) is 8.22. The van der Waals surface area contributed by atoms with E-state index >= 15 is 0 Å². The van der Waals surface area contributed by atoms with Crippen molar-refractivity contribution in [3.63, 3.8) is 0 Å². The standard InChI is InChI=1S/C14H15O3/c1-9-8-12(16-3)14(17-4)13-10(9)6-5-7-11(13)15-2/h5-8H,1H2,2-4H3. The maximum Gasteiger partial charge on any atom is 0.172 e. The summed E-state index contributed by atoms with van der Waals surface area (Å²) in [5.41, 5.74) is 0.886. The highest BCUT2D eigenvalue weighted by Crippen LogP contribution is 2.42. The molecular formula is C14H15O3. The molecule has 0 atom stereocenters. The first-order valence-electron chi connectivity index (χ1n) is 5.26. The number of methoxy groups -OCH3 is 3. The lowest BCUT2D eigenvalue weighted by Crippen LogP contribution is -1.95. The van der Waals surface area contributed by atoms with Gasteiger partial charge in [-0.15, -0.1) is 0 Å². The molecule has 0 aliphatic rings. The zero-order valence-corrected chi connectivity index (χ0v) is 10.2. The first kappa shape index (κ1) is 11.6. The third kappa shape index (κ3) is 1.78. The maximum atomic E-state index is 5.41. The number of rotatable bonds is 3. The molecule has 0 amide bonds. The second-order valence-electron chi connectivity index (χ2n) is 3.65. The van der Waals surface area contributed by atoms with Gasteiger partial charge in [0, 0.05) is 0 Å². The van der Waals surface area contributed by atoms with E-state index in [2.05, 4.69) is 6.92 Å². The quantitative estimate of drug-likeness (QED) is 0.812. The third-order valence-corrected chi connectivity index (χ3v) is 2.77. The van der Waals surface area contributed by atoms with Crippen molar-refractivity contribution in [2.24, 2.45) is 0 Å². The van der Waals surface area contributed by atoms with Crippen molar-refractivity contribution in [1.29, 1.82) is 0 Å². The molecule has 0 heterocycles. The van der Waals surface area contributed by atoms with E-state index in [1.165, 1.54) is 0 Å². The monoisotopic (exact) mass is 231 g/mol. The van der Waals surface area contributed by atoms with Gasteiger partial charge in [0.25, 0.3) is 0 Å². The van der Waals surface area contributed by atoms with Crippen LogP contribution in [-0.4, -0.2) is 21.3 Å². The van der Waals surface area contributed by atoms with Gasteiger partial charge in [-0.1, -0.05) is 12.1 Å². The van der Waals surface area contributed by atoms with Crippen LogP contribution in [0.2, 0.25) is 0 Å². The van der Waals surface area contributed by atoms with Crippen LogP contribution in [-0.2, 0) is 0 Å².